The van der Waals surface area contributed by atoms with Gasteiger partial charge in [0.05, 0.1) is 11.3 Å². The summed E-state index contributed by atoms with van der Waals surface area (Å²) >= 11 is 0. The number of halogens is 2. The molecule has 1 amide bonds. The zero-order chi connectivity index (χ0) is 15.6. The number of hydrogen-bond donors (Lipinski definition) is 2. The third-order valence-corrected chi connectivity index (χ3v) is 3.15. The molecule has 2 aromatic carbocycles. The molecule has 5 heteroatoms. The molecule has 0 fully saturated rings. The fraction of sp³-hybridized carbons (Fsp3) is 0.188. The van der Waals surface area contributed by atoms with Gasteiger partial charge in [0, 0.05) is 5.69 Å². The number of nitrogens with one attached hydrogen (secondary N) is 1. The van der Waals surface area contributed by atoms with Gasteiger partial charge in [0.1, 0.15) is 5.82 Å². The molecule has 2 rings (SSSR count). The molecule has 0 aliphatic heterocycles. The first-order valence-electron chi connectivity index (χ1n) is 6.54. The molecule has 2 aromatic rings. The number of carbonyl (C=O) groups is 1. The van der Waals surface area contributed by atoms with Crippen LogP contribution in [0.4, 0.5) is 20.2 Å². The second kappa shape index (κ2) is 5.91. The van der Waals surface area contributed by atoms with Gasteiger partial charge in [-0.15, -0.1) is 0 Å². The van der Waals surface area contributed by atoms with Crippen molar-refractivity contribution in [3.8, 4) is 0 Å². The molecule has 0 saturated carbocycles. The lowest BCUT2D eigenvalue weighted by Gasteiger charge is -2.10. The van der Waals surface area contributed by atoms with Crippen LogP contribution in [0.25, 0.3) is 0 Å². The van der Waals surface area contributed by atoms with Gasteiger partial charge in [-0.05, 0) is 35.7 Å². The first-order valence-corrected chi connectivity index (χ1v) is 6.54. The third-order valence-electron chi connectivity index (χ3n) is 3.15. The van der Waals surface area contributed by atoms with Gasteiger partial charge in [0.15, 0.2) is 5.82 Å². The Balaban J connectivity index is 2.22. The molecule has 0 aromatic heterocycles. The van der Waals surface area contributed by atoms with E-state index in [9.17, 15) is 13.6 Å². The highest BCUT2D eigenvalue weighted by Gasteiger charge is 2.16. The van der Waals surface area contributed by atoms with Gasteiger partial charge in [-0.1, -0.05) is 26.0 Å². The summed E-state index contributed by atoms with van der Waals surface area (Å²) in [5, 5.41) is 2.52. The van der Waals surface area contributed by atoms with Gasteiger partial charge in [-0.3, -0.25) is 4.79 Å². The van der Waals surface area contributed by atoms with E-state index in [1.54, 1.807) is 12.1 Å². The van der Waals surface area contributed by atoms with Gasteiger partial charge in [0.25, 0.3) is 5.91 Å². The van der Waals surface area contributed by atoms with Crippen LogP contribution in [0.15, 0.2) is 36.4 Å². The summed E-state index contributed by atoms with van der Waals surface area (Å²) in [6, 6.07) is 8.84. The molecule has 0 radical (unpaired) electrons. The summed E-state index contributed by atoms with van der Waals surface area (Å²) < 4.78 is 27.0. The number of nitrogens with two attached hydrogens (primary N) is 1. The molecular weight excluding hydrogens is 274 g/mol. The van der Waals surface area contributed by atoms with Gasteiger partial charge < -0.3 is 11.1 Å². The minimum absolute atomic E-state index is 0.371. The lowest BCUT2D eigenvalue weighted by molar-refractivity contribution is 0.102. The molecule has 0 heterocycles. The molecule has 110 valence electrons. The number of nitrogen functional groups attached to an aromatic ring is 1. The summed E-state index contributed by atoms with van der Waals surface area (Å²) in [6.07, 6.45) is 0. The molecule has 0 aliphatic rings. The SMILES string of the molecule is CC(C)c1ccc(NC(=O)c2cc(F)cc(N)c2F)cc1. The maximum absolute atomic E-state index is 13.8. The van der Waals surface area contributed by atoms with Crippen molar-refractivity contribution < 1.29 is 13.6 Å². The topological polar surface area (TPSA) is 55.1 Å². The number of carbonyl (C=O) groups excluding carboxylic acids is 1. The van der Waals surface area contributed by atoms with Crippen molar-refractivity contribution in [1.29, 1.82) is 0 Å². The quantitative estimate of drug-likeness (QED) is 0.842. The van der Waals surface area contributed by atoms with Gasteiger partial charge in [0.2, 0.25) is 0 Å². The number of benzene rings is 2. The second-order valence-corrected chi connectivity index (χ2v) is 5.09. The van der Waals surface area contributed by atoms with Crippen LogP contribution < -0.4 is 11.1 Å². The van der Waals surface area contributed by atoms with Crippen LogP contribution >= 0.6 is 0 Å². The molecule has 3 N–H and O–H groups in total. The highest BCUT2D eigenvalue weighted by Crippen LogP contribution is 2.20. The molecule has 0 atom stereocenters. The van der Waals surface area contributed by atoms with E-state index < -0.39 is 28.8 Å². The Bertz CT molecular complexity index is 667. The van der Waals surface area contributed by atoms with Crippen LogP contribution in [-0.4, -0.2) is 5.91 Å². The van der Waals surface area contributed by atoms with Crippen LogP contribution in [0.1, 0.15) is 35.7 Å². The lowest BCUT2D eigenvalue weighted by Crippen LogP contribution is -2.15. The van der Waals surface area contributed by atoms with E-state index in [2.05, 4.69) is 19.2 Å². The second-order valence-electron chi connectivity index (χ2n) is 5.09. The summed E-state index contributed by atoms with van der Waals surface area (Å²) in [4.78, 5) is 12.0. The molecule has 0 unspecified atom stereocenters. The van der Waals surface area contributed by atoms with E-state index in [4.69, 9.17) is 5.73 Å². The zero-order valence-corrected chi connectivity index (χ0v) is 11.8. The number of rotatable bonds is 3. The highest BCUT2D eigenvalue weighted by atomic mass is 19.1. The molecule has 0 spiro atoms. The Morgan fingerprint density at radius 2 is 1.76 bits per heavy atom. The Kier molecular flexibility index (Phi) is 4.21. The summed E-state index contributed by atoms with van der Waals surface area (Å²) in [5.74, 6) is -2.05. The number of anilines is 2. The summed E-state index contributed by atoms with van der Waals surface area (Å²) in [6.45, 7) is 4.11. The van der Waals surface area contributed by atoms with Crippen LogP contribution in [0.2, 0.25) is 0 Å². The lowest BCUT2D eigenvalue weighted by atomic mass is 10.0. The average Bonchev–Trinajstić information content (AvgIpc) is 2.43. The van der Waals surface area contributed by atoms with Crippen LogP contribution in [0, 0.1) is 11.6 Å². The van der Waals surface area contributed by atoms with Crippen molar-refractivity contribution in [2.24, 2.45) is 0 Å². The summed E-state index contributed by atoms with van der Waals surface area (Å²) in [7, 11) is 0. The van der Waals surface area contributed by atoms with Crippen molar-refractivity contribution in [2.75, 3.05) is 11.1 Å². The van der Waals surface area contributed by atoms with Gasteiger partial charge in [-0.25, -0.2) is 8.78 Å². The van der Waals surface area contributed by atoms with Crippen molar-refractivity contribution in [1.82, 2.24) is 0 Å². The molecule has 0 bridgehead atoms. The van der Waals surface area contributed by atoms with Crippen LogP contribution in [0.3, 0.4) is 0 Å². The predicted octanol–water partition coefficient (Wildman–Crippen LogP) is 3.92. The normalized spacial score (nSPS) is 10.7. The maximum Gasteiger partial charge on any atom is 0.258 e. The van der Waals surface area contributed by atoms with E-state index in [-0.39, 0.29) is 0 Å². The minimum atomic E-state index is -0.923. The highest BCUT2D eigenvalue weighted by molar-refractivity contribution is 6.05. The molecule has 21 heavy (non-hydrogen) atoms. The Morgan fingerprint density at radius 1 is 1.14 bits per heavy atom. The predicted molar refractivity (Wildman–Crippen MR) is 79.3 cm³/mol. The minimum Gasteiger partial charge on any atom is -0.396 e. The van der Waals surface area contributed by atoms with E-state index in [0.717, 1.165) is 17.7 Å². The monoisotopic (exact) mass is 290 g/mol. The van der Waals surface area contributed by atoms with Crippen LogP contribution in [0.5, 0.6) is 0 Å². The maximum atomic E-state index is 13.8. The third kappa shape index (κ3) is 3.37. The van der Waals surface area contributed by atoms with Crippen molar-refractivity contribution in [2.45, 2.75) is 19.8 Å². The Labute approximate surface area is 121 Å². The fourth-order valence-electron chi connectivity index (χ4n) is 1.93. The largest absolute Gasteiger partial charge is 0.396 e. The summed E-state index contributed by atoms with van der Waals surface area (Å²) in [5.41, 5.74) is 6.13. The zero-order valence-electron chi connectivity index (χ0n) is 11.8. The standard InChI is InChI=1S/C16H16F2N2O/c1-9(2)10-3-5-12(6-4-10)20-16(21)13-7-11(17)8-14(19)15(13)18/h3-9H,19H2,1-2H3,(H,20,21). The van der Waals surface area contributed by atoms with E-state index in [1.165, 1.54) is 0 Å². The van der Waals surface area contributed by atoms with E-state index in [1.807, 2.05) is 12.1 Å². The van der Waals surface area contributed by atoms with E-state index in [0.29, 0.717) is 11.6 Å². The number of amides is 1. The molecule has 0 saturated heterocycles. The van der Waals surface area contributed by atoms with Crippen molar-refractivity contribution in [3.63, 3.8) is 0 Å². The van der Waals surface area contributed by atoms with Crippen LogP contribution in [-0.2, 0) is 0 Å². The van der Waals surface area contributed by atoms with Crippen molar-refractivity contribution in [3.05, 3.63) is 59.2 Å². The average molecular weight is 290 g/mol. The molecular formula is C16H16F2N2O. The fourth-order valence-corrected chi connectivity index (χ4v) is 1.93. The van der Waals surface area contributed by atoms with Gasteiger partial charge in [-0.2, -0.15) is 0 Å². The Morgan fingerprint density at radius 3 is 2.33 bits per heavy atom. The molecule has 0 aliphatic carbocycles. The number of hydrogen-bond acceptors (Lipinski definition) is 2. The first kappa shape index (κ1) is 15.0. The first-order chi connectivity index (χ1) is 9.88. The Hall–Kier alpha value is -2.43. The van der Waals surface area contributed by atoms with Crippen molar-refractivity contribution >= 4 is 17.3 Å². The smallest absolute Gasteiger partial charge is 0.258 e. The van der Waals surface area contributed by atoms with Gasteiger partial charge >= 0.3 is 0 Å². The molecule has 3 nitrogen and oxygen atoms in total. The van der Waals surface area contributed by atoms with E-state index >= 15 is 0 Å².